The van der Waals surface area contributed by atoms with Crippen LogP contribution in [0, 0.1) is 11.6 Å². The Morgan fingerprint density at radius 3 is 2.08 bits per heavy atom. The number of carbonyl (C=O) groups is 1. The summed E-state index contributed by atoms with van der Waals surface area (Å²) in [5.41, 5.74) is 1.64. The van der Waals surface area contributed by atoms with Crippen LogP contribution in [0.25, 0.3) is 21.8 Å². The highest BCUT2D eigenvalue weighted by atomic mass is 19.1. The van der Waals surface area contributed by atoms with Crippen molar-refractivity contribution in [3.8, 4) is 0 Å². The van der Waals surface area contributed by atoms with E-state index in [-0.39, 0.29) is 18.1 Å². The van der Waals surface area contributed by atoms with E-state index in [1.165, 1.54) is 29.2 Å². The number of amides is 1. The van der Waals surface area contributed by atoms with Crippen LogP contribution < -0.4 is 0 Å². The van der Waals surface area contributed by atoms with Crippen LogP contribution in [0.2, 0.25) is 0 Å². The van der Waals surface area contributed by atoms with Crippen molar-refractivity contribution in [2.45, 2.75) is 25.6 Å². The molecule has 0 saturated carbocycles. The Hall–Kier alpha value is -2.50. The molecule has 4 rings (SSSR count). The molecule has 0 spiro atoms. The van der Waals surface area contributed by atoms with E-state index < -0.39 is 12.1 Å². The van der Waals surface area contributed by atoms with Gasteiger partial charge in [-0.1, -0.05) is 0 Å². The maximum absolute atomic E-state index is 13.6. The number of nitrogens with zero attached hydrogens (tertiary/aromatic N) is 2. The Morgan fingerprint density at radius 1 is 0.960 bits per heavy atom. The number of aromatic nitrogens is 1. The van der Waals surface area contributed by atoms with Crippen LogP contribution in [0.15, 0.2) is 36.4 Å². The summed E-state index contributed by atoms with van der Waals surface area (Å²) in [6, 6.07) is 8.94. The second-order valence-corrected chi connectivity index (χ2v) is 6.41. The van der Waals surface area contributed by atoms with E-state index in [2.05, 4.69) is 0 Å². The Morgan fingerprint density at radius 2 is 1.56 bits per heavy atom. The molecule has 2 aromatic carbocycles. The highest BCUT2D eigenvalue weighted by molar-refractivity contribution is 6.08. The third-order valence-corrected chi connectivity index (χ3v) is 4.83. The number of hydrogen-bond donors (Lipinski definition) is 0. The van der Waals surface area contributed by atoms with Crippen molar-refractivity contribution in [2.75, 3.05) is 13.1 Å². The fourth-order valence-corrected chi connectivity index (χ4v) is 3.63. The van der Waals surface area contributed by atoms with E-state index in [1.54, 1.807) is 12.1 Å². The smallest absolute Gasteiger partial charge is 0.257 e. The number of fused-ring (bicyclic) bond motifs is 3. The van der Waals surface area contributed by atoms with Gasteiger partial charge < -0.3 is 9.47 Å². The number of halogens is 3. The number of likely N-dealkylation sites (tertiary alicyclic amines) is 1. The van der Waals surface area contributed by atoms with Gasteiger partial charge in [0.2, 0.25) is 0 Å². The summed E-state index contributed by atoms with van der Waals surface area (Å²) < 4.78 is 42.5. The van der Waals surface area contributed by atoms with Gasteiger partial charge in [-0.15, -0.1) is 0 Å². The minimum atomic E-state index is -1.38. The molecule has 2 heterocycles. The number of hydrogen-bond acceptors (Lipinski definition) is 1. The lowest BCUT2D eigenvalue weighted by Crippen LogP contribution is -2.29. The Bertz CT molecular complexity index is 907. The van der Waals surface area contributed by atoms with Crippen LogP contribution in [0.5, 0.6) is 0 Å². The van der Waals surface area contributed by atoms with E-state index in [4.69, 9.17) is 0 Å². The zero-order valence-electron chi connectivity index (χ0n) is 13.5. The first-order valence-electron chi connectivity index (χ1n) is 8.34. The van der Waals surface area contributed by atoms with Gasteiger partial charge in [-0.25, -0.2) is 13.2 Å². The van der Waals surface area contributed by atoms with Crippen molar-refractivity contribution in [3.05, 3.63) is 48.0 Å². The van der Waals surface area contributed by atoms with Crippen molar-refractivity contribution in [3.63, 3.8) is 0 Å². The molecule has 0 radical (unpaired) electrons. The fourth-order valence-electron chi connectivity index (χ4n) is 3.63. The number of aryl methyl sites for hydroxylation is 1. The monoisotopic (exact) mass is 346 g/mol. The molecule has 1 fully saturated rings. The normalized spacial score (nSPS) is 18.0. The van der Waals surface area contributed by atoms with Crippen LogP contribution in [0.4, 0.5) is 13.2 Å². The number of carbonyl (C=O) groups excluding carboxylic acids is 1. The summed E-state index contributed by atoms with van der Waals surface area (Å²) in [6.07, 6.45) is -0.474. The Labute approximate surface area is 142 Å². The highest BCUT2D eigenvalue weighted by Gasteiger charge is 2.30. The van der Waals surface area contributed by atoms with Gasteiger partial charge in [0.25, 0.3) is 5.91 Å². The standard InChI is InChI=1S/C19H17F3N2O/c20-12-2-4-17-14(10-12)15-11-13(21)3-5-18(15)24(17)8-1-7-23-9-6-16(22)19(23)25/h2-5,10-11,16H,1,6-9H2/t16-/m1/s1. The second-order valence-electron chi connectivity index (χ2n) is 6.41. The van der Waals surface area contributed by atoms with Crippen LogP contribution in [0.1, 0.15) is 12.8 Å². The first-order chi connectivity index (χ1) is 12.0. The largest absolute Gasteiger partial charge is 0.340 e. The third kappa shape index (κ3) is 2.75. The maximum atomic E-state index is 13.6. The van der Waals surface area contributed by atoms with Crippen molar-refractivity contribution < 1.29 is 18.0 Å². The first-order valence-corrected chi connectivity index (χ1v) is 8.34. The first kappa shape index (κ1) is 16.0. The number of rotatable bonds is 4. The Balaban J connectivity index is 1.65. The molecular formula is C19H17F3N2O. The molecule has 1 saturated heterocycles. The predicted octanol–water partition coefficient (Wildman–Crippen LogP) is 4.03. The van der Waals surface area contributed by atoms with E-state index >= 15 is 0 Å². The molecule has 0 unspecified atom stereocenters. The van der Waals surface area contributed by atoms with Gasteiger partial charge in [0.1, 0.15) is 11.6 Å². The molecule has 1 amide bonds. The highest BCUT2D eigenvalue weighted by Crippen LogP contribution is 2.30. The van der Waals surface area contributed by atoms with Gasteiger partial charge in [0.05, 0.1) is 0 Å². The summed E-state index contributed by atoms with van der Waals surface area (Å²) in [7, 11) is 0. The molecule has 25 heavy (non-hydrogen) atoms. The summed E-state index contributed by atoms with van der Waals surface area (Å²) >= 11 is 0. The molecule has 1 aliphatic rings. The maximum Gasteiger partial charge on any atom is 0.257 e. The average Bonchev–Trinajstić information content (AvgIpc) is 3.06. The van der Waals surface area contributed by atoms with E-state index in [0.29, 0.717) is 36.8 Å². The zero-order valence-corrected chi connectivity index (χ0v) is 13.5. The van der Waals surface area contributed by atoms with Gasteiger partial charge >= 0.3 is 0 Å². The van der Waals surface area contributed by atoms with Crippen LogP contribution >= 0.6 is 0 Å². The topological polar surface area (TPSA) is 25.2 Å². The SMILES string of the molecule is O=C1[C@H](F)CCN1CCCn1c2ccc(F)cc2c2cc(F)ccc21. The molecule has 3 aromatic rings. The molecule has 0 aliphatic carbocycles. The molecule has 3 nitrogen and oxygen atoms in total. The van der Waals surface area contributed by atoms with Gasteiger partial charge in [-0.2, -0.15) is 0 Å². The van der Waals surface area contributed by atoms with E-state index in [1.807, 2.05) is 4.57 Å². The fraction of sp³-hybridized carbons (Fsp3) is 0.316. The van der Waals surface area contributed by atoms with Crippen molar-refractivity contribution >= 4 is 27.7 Å². The van der Waals surface area contributed by atoms with Gasteiger partial charge in [-0.3, -0.25) is 4.79 Å². The summed E-state index contributed by atoms with van der Waals surface area (Å²) in [4.78, 5) is 13.2. The molecule has 0 N–H and O–H groups in total. The minimum Gasteiger partial charge on any atom is -0.340 e. The van der Waals surface area contributed by atoms with Crippen molar-refractivity contribution in [1.29, 1.82) is 0 Å². The molecule has 0 bridgehead atoms. The average molecular weight is 346 g/mol. The molecular weight excluding hydrogens is 329 g/mol. The van der Waals surface area contributed by atoms with Gasteiger partial charge in [0.15, 0.2) is 6.17 Å². The zero-order chi connectivity index (χ0) is 17.6. The van der Waals surface area contributed by atoms with Crippen molar-refractivity contribution in [2.24, 2.45) is 0 Å². The predicted molar refractivity (Wildman–Crippen MR) is 90.1 cm³/mol. The second kappa shape index (κ2) is 6.10. The van der Waals surface area contributed by atoms with E-state index in [9.17, 15) is 18.0 Å². The number of alkyl halides is 1. The lowest BCUT2D eigenvalue weighted by Gasteiger charge is -2.16. The van der Waals surface area contributed by atoms with Crippen LogP contribution in [0.3, 0.4) is 0 Å². The lowest BCUT2D eigenvalue weighted by molar-refractivity contribution is -0.131. The van der Waals surface area contributed by atoms with E-state index in [0.717, 1.165) is 11.0 Å². The summed E-state index contributed by atoms with van der Waals surface area (Å²) in [6.45, 7) is 1.50. The third-order valence-electron chi connectivity index (χ3n) is 4.83. The van der Waals surface area contributed by atoms with Gasteiger partial charge in [0, 0.05) is 47.9 Å². The summed E-state index contributed by atoms with van der Waals surface area (Å²) in [5.74, 6) is -1.17. The van der Waals surface area contributed by atoms with Gasteiger partial charge in [-0.05, 0) is 42.8 Å². The molecule has 130 valence electrons. The minimum absolute atomic E-state index is 0.257. The quantitative estimate of drug-likeness (QED) is 0.700. The molecule has 6 heteroatoms. The molecule has 1 aromatic heterocycles. The summed E-state index contributed by atoms with van der Waals surface area (Å²) in [5, 5.41) is 1.33. The van der Waals surface area contributed by atoms with Crippen LogP contribution in [-0.4, -0.2) is 34.6 Å². The molecule has 1 aliphatic heterocycles. The Kier molecular flexibility index (Phi) is 3.90. The lowest BCUT2D eigenvalue weighted by atomic mass is 10.1. The van der Waals surface area contributed by atoms with Crippen LogP contribution in [-0.2, 0) is 11.3 Å². The number of benzene rings is 2. The van der Waals surface area contributed by atoms with Crippen molar-refractivity contribution in [1.82, 2.24) is 9.47 Å². The molecule has 1 atom stereocenters.